The van der Waals surface area contributed by atoms with Crippen LogP contribution in [0, 0.1) is 5.92 Å². The van der Waals surface area contributed by atoms with E-state index in [4.69, 9.17) is 5.73 Å². The van der Waals surface area contributed by atoms with Crippen molar-refractivity contribution in [3.63, 3.8) is 0 Å². The molecule has 0 saturated heterocycles. The molecule has 0 fully saturated rings. The van der Waals surface area contributed by atoms with Gasteiger partial charge in [-0.15, -0.1) is 0 Å². The van der Waals surface area contributed by atoms with E-state index in [1.807, 2.05) is 62.0 Å². The summed E-state index contributed by atoms with van der Waals surface area (Å²) in [5.74, 6) is 0.704. The summed E-state index contributed by atoms with van der Waals surface area (Å²) in [6.45, 7) is 3.87. The molecule has 1 amide bonds. The third-order valence-corrected chi connectivity index (χ3v) is 3.56. The lowest BCUT2D eigenvalue weighted by molar-refractivity contribution is -0.123. The van der Waals surface area contributed by atoms with Gasteiger partial charge >= 0.3 is 0 Å². The maximum atomic E-state index is 12.3. The van der Waals surface area contributed by atoms with E-state index in [2.05, 4.69) is 10.3 Å². The molecule has 0 radical (unpaired) electrons. The summed E-state index contributed by atoms with van der Waals surface area (Å²) in [7, 11) is 1.91. The number of carbonyl (C=O) groups is 1. The van der Waals surface area contributed by atoms with E-state index < -0.39 is 6.04 Å². The van der Waals surface area contributed by atoms with E-state index >= 15 is 0 Å². The molecule has 1 aromatic carbocycles. The number of hydrogen-bond acceptors (Lipinski definition) is 3. The molecule has 3 N–H and O–H groups in total. The van der Waals surface area contributed by atoms with Crippen LogP contribution >= 0.6 is 0 Å². The molecule has 0 spiro atoms. The first-order chi connectivity index (χ1) is 10.0. The summed E-state index contributed by atoms with van der Waals surface area (Å²) in [4.78, 5) is 16.7. The second-order valence-electron chi connectivity index (χ2n) is 5.52. The van der Waals surface area contributed by atoms with Crippen molar-refractivity contribution in [1.82, 2.24) is 14.9 Å². The van der Waals surface area contributed by atoms with Gasteiger partial charge < -0.3 is 15.6 Å². The number of hydrogen-bond donors (Lipinski definition) is 2. The second-order valence-corrected chi connectivity index (χ2v) is 5.52. The van der Waals surface area contributed by atoms with Gasteiger partial charge in [-0.25, -0.2) is 4.98 Å². The molecular formula is C16H22N4O. The van der Waals surface area contributed by atoms with E-state index in [1.54, 1.807) is 6.20 Å². The molecule has 5 nitrogen and oxygen atoms in total. The van der Waals surface area contributed by atoms with Crippen LogP contribution in [0.3, 0.4) is 0 Å². The molecule has 1 heterocycles. The van der Waals surface area contributed by atoms with Crippen molar-refractivity contribution in [3.05, 3.63) is 54.1 Å². The third-order valence-electron chi connectivity index (χ3n) is 3.56. The van der Waals surface area contributed by atoms with Crippen molar-refractivity contribution in [3.8, 4) is 0 Å². The molecule has 2 aromatic rings. The minimum Gasteiger partial charge on any atom is -0.341 e. The van der Waals surface area contributed by atoms with E-state index in [0.717, 1.165) is 11.4 Å². The summed E-state index contributed by atoms with van der Waals surface area (Å²) in [5.41, 5.74) is 6.92. The number of benzene rings is 1. The Balaban J connectivity index is 2.30. The van der Waals surface area contributed by atoms with Gasteiger partial charge in [0.15, 0.2) is 0 Å². The van der Waals surface area contributed by atoms with E-state index in [1.165, 1.54) is 0 Å². The van der Waals surface area contributed by atoms with Gasteiger partial charge in [0.1, 0.15) is 11.9 Å². The highest BCUT2D eigenvalue weighted by Gasteiger charge is 2.24. The van der Waals surface area contributed by atoms with Crippen molar-refractivity contribution in [1.29, 1.82) is 0 Å². The standard InChI is InChI=1S/C16H22N4O/c1-11(2)13(17)16(21)19-14(12-7-5-4-6-8-12)15-18-9-10-20(15)3/h4-11,13-14H,17H2,1-3H3,(H,19,21). The van der Waals surface area contributed by atoms with Crippen LogP contribution in [0.1, 0.15) is 31.3 Å². The van der Waals surface area contributed by atoms with Gasteiger partial charge in [0.05, 0.1) is 6.04 Å². The molecule has 21 heavy (non-hydrogen) atoms. The summed E-state index contributed by atoms with van der Waals surface area (Å²) in [6, 6.07) is 8.95. The van der Waals surface area contributed by atoms with Crippen molar-refractivity contribution < 1.29 is 4.79 Å². The summed E-state index contributed by atoms with van der Waals surface area (Å²) < 4.78 is 1.90. The molecule has 0 aliphatic carbocycles. The number of carbonyl (C=O) groups excluding carboxylic acids is 1. The van der Waals surface area contributed by atoms with Gasteiger partial charge in [-0.3, -0.25) is 4.79 Å². The van der Waals surface area contributed by atoms with Crippen LogP contribution in [0.4, 0.5) is 0 Å². The Kier molecular flexibility index (Phi) is 4.75. The molecule has 112 valence electrons. The summed E-state index contributed by atoms with van der Waals surface area (Å²) in [6.07, 6.45) is 3.58. The Hall–Kier alpha value is -2.14. The van der Waals surface area contributed by atoms with Gasteiger partial charge in [-0.05, 0) is 11.5 Å². The van der Waals surface area contributed by atoms with Crippen LogP contribution in [-0.2, 0) is 11.8 Å². The molecule has 5 heteroatoms. The number of aromatic nitrogens is 2. The Morgan fingerprint density at radius 1 is 1.29 bits per heavy atom. The lowest BCUT2D eigenvalue weighted by atomic mass is 10.0. The van der Waals surface area contributed by atoms with E-state index in [0.29, 0.717) is 0 Å². The Labute approximate surface area is 125 Å². The fourth-order valence-electron chi connectivity index (χ4n) is 2.14. The van der Waals surface area contributed by atoms with Crippen LogP contribution in [0.5, 0.6) is 0 Å². The highest BCUT2D eigenvalue weighted by atomic mass is 16.2. The normalized spacial score (nSPS) is 14.0. The summed E-state index contributed by atoms with van der Waals surface area (Å²) in [5, 5.41) is 3.01. The van der Waals surface area contributed by atoms with Crippen LogP contribution < -0.4 is 11.1 Å². The number of aryl methyl sites for hydroxylation is 1. The van der Waals surface area contributed by atoms with E-state index in [-0.39, 0.29) is 17.9 Å². The minimum absolute atomic E-state index is 0.0859. The lowest BCUT2D eigenvalue weighted by Gasteiger charge is -2.22. The zero-order valence-electron chi connectivity index (χ0n) is 12.7. The van der Waals surface area contributed by atoms with Crippen LogP contribution in [-0.4, -0.2) is 21.5 Å². The van der Waals surface area contributed by atoms with Gasteiger partial charge in [0.2, 0.25) is 5.91 Å². The van der Waals surface area contributed by atoms with Crippen LogP contribution in [0.25, 0.3) is 0 Å². The van der Waals surface area contributed by atoms with Crippen molar-refractivity contribution in [2.45, 2.75) is 25.9 Å². The highest BCUT2D eigenvalue weighted by Crippen LogP contribution is 2.20. The van der Waals surface area contributed by atoms with Crippen molar-refractivity contribution in [2.75, 3.05) is 0 Å². The van der Waals surface area contributed by atoms with Crippen LogP contribution in [0.15, 0.2) is 42.7 Å². The minimum atomic E-state index is -0.531. The molecule has 2 rings (SSSR count). The first-order valence-electron chi connectivity index (χ1n) is 7.09. The molecule has 0 saturated carbocycles. The SMILES string of the molecule is CC(C)C(N)C(=O)NC(c1ccccc1)c1nccn1C. The number of nitrogens with two attached hydrogens (primary N) is 1. The Morgan fingerprint density at radius 2 is 1.95 bits per heavy atom. The Bertz CT molecular complexity index is 591. The fourth-order valence-corrected chi connectivity index (χ4v) is 2.14. The Morgan fingerprint density at radius 3 is 2.48 bits per heavy atom. The van der Waals surface area contributed by atoms with Gasteiger partial charge in [-0.2, -0.15) is 0 Å². The maximum Gasteiger partial charge on any atom is 0.238 e. The number of imidazole rings is 1. The summed E-state index contributed by atoms with van der Waals surface area (Å²) >= 11 is 0. The molecule has 0 aliphatic heterocycles. The average molecular weight is 286 g/mol. The number of amides is 1. The first-order valence-corrected chi connectivity index (χ1v) is 7.09. The van der Waals surface area contributed by atoms with Gasteiger partial charge in [0, 0.05) is 19.4 Å². The number of nitrogens with zero attached hydrogens (tertiary/aromatic N) is 2. The second kappa shape index (κ2) is 6.54. The molecule has 1 aromatic heterocycles. The van der Waals surface area contributed by atoms with Gasteiger partial charge in [-0.1, -0.05) is 44.2 Å². The topological polar surface area (TPSA) is 72.9 Å². The van der Waals surface area contributed by atoms with Crippen molar-refractivity contribution >= 4 is 5.91 Å². The molecule has 2 atom stereocenters. The molecular weight excluding hydrogens is 264 g/mol. The predicted octanol–water partition coefficient (Wildman–Crippen LogP) is 1.61. The van der Waals surface area contributed by atoms with Crippen molar-refractivity contribution in [2.24, 2.45) is 18.7 Å². The van der Waals surface area contributed by atoms with E-state index in [9.17, 15) is 4.79 Å². The smallest absolute Gasteiger partial charge is 0.238 e. The number of nitrogens with one attached hydrogen (secondary N) is 1. The molecule has 2 unspecified atom stereocenters. The van der Waals surface area contributed by atoms with Gasteiger partial charge in [0.25, 0.3) is 0 Å². The zero-order chi connectivity index (χ0) is 15.4. The maximum absolute atomic E-state index is 12.3. The molecule has 0 aliphatic rings. The zero-order valence-corrected chi connectivity index (χ0v) is 12.7. The highest BCUT2D eigenvalue weighted by molar-refractivity contribution is 5.82. The monoisotopic (exact) mass is 286 g/mol. The average Bonchev–Trinajstić information content (AvgIpc) is 2.90. The predicted molar refractivity (Wildman–Crippen MR) is 82.4 cm³/mol. The lowest BCUT2D eigenvalue weighted by Crippen LogP contribution is -2.45. The third kappa shape index (κ3) is 3.49. The largest absolute Gasteiger partial charge is 0.341 e. The van der Waals surface area contributed by atoms with Crippen LogP contribution in [0.2, 0.25) is 0 Å². The first kappa shape index (κ1) is 15.3. The molecule has 0 bridgehead atoms. The quantitative estimate of drug-likeness (QED) is 0.877. The number of rotatable bonds is 5. The fraction of sp³-hybridized carbons (Fsp3) is 0.375.